The molecule has 18 heavy (non-hydrogen) atoms. The quantitative estimate of drug-likeness (QED) is 0.808. The lowest BCUT2D eigenvalue weighted by Crippen LogP contribution is -2.35. The number of hydrogen-bond acceptors (Lipinski definition) is 2. The van der Waals surface area contributed by atoms with Crippen LogP contribution in [0.3, 0.4) is 0 Å². The van der Waals surface area contributed by atoms with Crippen molar-refractivity contribution in [2.45, 2.75) is 12.7 Å². The number of carbonyl (C=O) groups excluding carboxylic acids is 1. The Morgan fingerprint density at radius 1 is 1.44 bits per heavy atom. The van der Waals surface area contributed by atoms with Crippen LogP contribution in [-0.2, 0) is 17.5 Å². The highest BCUT2D eigenvalue weighted by atomic mass is 19.4. The highest BCUT2D eigenvalue weighted by molar-refractivity contribution is 5.76. The smallest absolute Gasteiger partial charge is 0.344 e. The summed E-state index contributed by atoms with van der Waals surface area (Å²) in [5, 5.41) is 2.18. The molecule has 4 nitrogen and oxygen atoms in total. The van der Waals surface area contributed by atoms with Crippen molar-refractivity contribution in [2.75, 3.05) is 6.54 Å². The Morgan fingerprint density at radius 2 is 2.11 bits per heavy atom. The van der Waals surface area contributed by atoms with Gasteiger partial charge in [-0.2, -0.15) is 13.2 Å². The first kappa shape index (κ1) is 13.8. The molecule has 0 saturated heterocycles. The average molecular weight is 258 g/mol. The van der Waals surface area contributed by atoms with E-state index in [1.54, 1.807) is 0 Å². The van der Waals surface area contributed by atoms with Crippen LogP contribution in [0.5, 0.6) is 0 Å². The van der Waals surface area contributed by atoms with Gasteiger partial charge in [0.2, 0.25) is 5.91 Å². The summed E-state index contributed by atoms with van der Waals surface area (Å²) in [6.45, 7) is -0.835. The number of nitrogens with one attached hydrogen (secondary N) is 1. The van der Waals surface area contributed by atoms with E-state index >= 15 is 0 Å². The minimum atomic E-state index is -4.70. The van der Waals surface area contributed by atoms with Gasteiger partial charge in [-0.15, -0.1) is 6.42 Å². The number of hydrogen-bond donors (Lipinski definition) is 1. The van der Waals surface area contributed by atoms with E-state index in [1.807, 2.05) is 0 Å². The Hall–Kier alpha value is -2.23. The van der Waals surface area contributed by atoms with E-state index in [9.17, 15) is 22.8 Å². The predicted octanol–water partition coefficient (Wildman–Crippen LogP) is 0.616. The number of terminal acetylenes is 1. The zero-order chi connectivity index (χ0) is 13.8. The Balaban J connectivity index is 3.05. The van der Waals surface area contributed by atoms with E-state index in [1.165, 1.54) is 0 Å². The molecule has 7 heteroatoms. The maximum atomic E-state index is 12.6. The van der Waals surface area contributed by atoms with Gasteiger partial charge in [0, 0.05) is 6.07 Å². The molecule has 0 bridgehead atoms. The maximum Gasteiger partial charge on any atom is 0.431 e. The molecular weight excluding hydrogens is 249 g/mol. The summed E-state index contributed by atoms with van der Waals surface area (Å²) in [5.41, 5.74) is -2.08. The number of alkyl halides is 3. The summed E-state index contributed by atoms with van der Waals surface area (Å²) in [5.74, 6) is 1.34. The molecule has 1 N–H and O–H groups in total. The number of halogens is 3. The van der Waals surface area contributed by atoms with E-state index in [2.05, 4.69) is 11.2 Å². The molecule has 0 unspecified atom stereocenters. The highest BCUT2D eigenvalue weighted by Gasteiger charge is 2.34. The Morgan fingerprint density at radius 3 is 2.67 bits per heavy atom. The molecule has 96 valence electrons. The van der Waals surface area contributed by atoms with Crippen LogP contribution in [0.15, 0.2) is 23.0 Å². The topological polar surface area (TPSA) is 51.1 Å². The standard InChI is InChI=1S/C11H9F3N2O2/c1-2-6-15-9(17)7-16-8(11(12,13)14)4-3-5-10(16)18/h1,3-5H,6-7H2,(H,15,17). The fraction of sp³-hybridized carbons (Fsp3) is 0.273. The molecule has 0 aliphatic heterocycles. The van der Waals surface area contributed by atoms with Crippen molar-refractivity contribution in [3.63, 3.8) is 0 Å². The van der Waals surface area contributed by atoms with Crippen molar-refractivity contribution in [3.8, 4) is 12.3 Å². The second kappa shape index (κ2) is 5.40. The number of aromatic nitrogens is 1. The Kier molecular flexibility index (Phi) is 4.15. The van der Waals surface area contributed by atoms with Crippen molar-refractivity contribution >= 4 is 5.91 Å². The molecule has 0 saturated carbocycles. The normalized spacial score (nSPS) is 10.8. The molecule has 0 aliphatic rings. The molecule has 1 aromatic heterocycles. The first-order chi connectivity index (χ1) is 8.36. The number of amides is 1. The molecule has 0 aromatic carbocycles. The van der Waals surface area contributed by atoms with E-state index in [4.69, 9.17) is 6.42 Å². The third-order valence-corrected chi connectivity index (χ3v) is 2.03. The third-order valence-electron chi connectivity index (χ3n) is 2.03. The van der Waals surface area contributed by atoms with Gasteiger partial charge in [-0.05, 0) is 6.07 Å². The van der Waals surface area contributed by atoms with E-state index in [-0.39, 0.29) is 6.54 Å². The van der Waals surface area contributed by atoms with Gasteiger partial charge in [0.25, 0.3) is 5.56 Å². The van der Waals surface area contributed by atoms with Gasteiger partial charge < -0.3 is 5.32 Å². The molecule has 0 aliphatic carbocycles. The Labute approximate surface area is 100 Å². The lowest BCUT2D eigenvalue weighted by Gasteiger charge is -2.14. The number of carbonyl (C=O) groups is 1. The monoisotopic (exact) mass is 258 g/mol. The van der Waals surface area contributed by atoms with Crippen molar-refractivity contribution < 1.29 is 18.0 Å². The molecule has 0 radical (unpaired) electrons. The van der Waals surface area contributed by atoms with E-state index in [0.717, 1.165) is 18.2 Å². The second-order valence-electron chi connectivity index (χ2n) is 3.31. The molecule has 0 fully saturated rings. The van der Waals surface area contributed by atoms with Crippen LogP contribution in [0.4, 0.5) is 13.2 Å². The van der Waals surface area contributed by atoms with Gasteiger partial charge in [-0.25, -0.2) is 0 Å². The van der Waals surface area contributed by atoms with Crippen LogP contribution < -0.4 is 10.9 Å². The van der Waals surface area contributed by atoms with Crippen LogP contribution in [0.2, 0.25) is 0 Å². The van der Waals surface area contributed by atoms with Gasteiger partial charge in [-0.3, -0.25) is 14.2 Å². The van der Waals surface area contributed by atoms with Gasteiger partial charge >= 0.3 is 6.18 Å². The van der Waals surface area contributed by atoms with Crippen molar-refractivity contribution in [3.05, 3.63) is 34.2 Å². The lowest BCUT2D eigenvalue weighted by atomic mass is 10.3. The van der Waals surface area contributed by atoms with Crippen LogP contribution in [0.1, 0.15) is 5.69 Å². The first-order valence-electron chi connectivity index (χ1n) is 4.83. The SMILES string of the molecule is C#CCNC(=O)Cn1c(C(F)(F)F)cccc1=O. The number of rotatable bonds is 3. The highest BCUT2D eigenvalue weighted by Crippen LogP contribution is 2.27. The van der Waals surface area contributed by atoms with Crippen LogP contribution in [0, 0.1) is 12.3 Å². The largest absolute Gasteiger partial charge is 0.431 e. The maximum absolute atomic E-state index is 12.6. The summed E-state index contributed by atoms with van der Waals surface area (Å²) in [6.07, 6.45) is 0.184. The van der Waals surface area contributed by atoms with Crippen molar-refractivity contribution in [1.82, 2.24) is 9.88 Å². The van der Waals surface area contributed by atoms with Crippen LogP contribution in [-0.4, -0.2) is 17.0 Å². The predicted molar refractivity (Wildman–Crippen MR) is 57.5 cm³/mol. The van der Waals surface area contributed by atoms with Gasteiger partial charge in [0.1, 0.15) is 12.2 Å². The van der Waals surface area contributed by atoms with Gasteiger partial charge in [-0.1, -0.05) is 12.0 Å². The second-order valence-corrected chi connectivity index (χ2v) is 3.31. The summed E-state index contributed by atoms with van der Waals surface area (Å²) in [7, 11) is 0. The zero-order valence-corrected chi connectivity index (χ0v) is 9.12. The molecular formula is C11H9F3N2O2. The molecule has 1 aromatic rings. The molecule has 1 heterocycles. The van der Waals surface area contributed by atoms with E-state index < -0.39 is 29.9 Å². The summed E-state index contributed by atoms with van der Waals surface area (Å²) in [6, 6.07) is 2.67. The summed E-state index contributed by atoms with van der Waals surface area (Å²) >= 11 is 0. The third kappa shape index (κ3) is 3.38. The zero-order valence-electron chi connectivity index (χ0n) is 9.12. The Bertz CT molecular complexity index is 540. The first-order valence-corrected chi connectivity index (χ1v) is 4.83. The minimum Gasteiger partial charge on any atom is -0.344 e. The van der Waals surface area contributed by atoms with Crippen LogP contribution >= 0.6 is 0 Å². The number of nitrogens with zero attached hydrogens (tertiary/aromatic N) is 1. The molecule has 1 amide bonds. The van der Waals surface area contributed by atoms with Crippen LogP contribution in [0.25, 0.3) is 0 Å². The summed E-state index contributed by atoms with van der Waals surface area (Å²) in [4.78, 5) is 22.6. The average Bonchev–Trinajstić information content (AvgIpc) is 2.27. The fourth-order valence-corrected chi connectivity index (χ4v) is 1.28. The van der Waals surface area contributed by atoms with Crippen molar-refractivity contribution in [2.24, 2.45) is 0 Å². The summed E-state index contributed by atoms with van der Waals surface area (Å²) < 4.78 is 38.2. The van der Waals surface area contributed by atoms with Crippen molar-refractivity contribution in [1.29, 1.82) is 0 Å². The molecule has 0 spiro atoms. The minimum absolute atomic E-state index is 0.109. The number of pyridine rings is 1. The van der Waals surface area contributed by atoms with Gasteiger partial charge in [0.05, 0.1) is 6.54 Å². The lowest BCUT2D eigenvalue weighted by molar-refractivity contribution is -0.144. The molecule has 0 atom stereocenters. The molecule has 1 rings (SSSR count). The fourth-order valence-electron chi connectivity index (χ4n) is 1.28. The van der Waals surface area contributed by atoms with E-state index in [0.29, 0.717) is 4.57 Å². The van der Waals surface area contributed by atoms with Gasteiger partial charge in [0.15, 0.2) is 0 Å².